The lowest BCUT2D eigenvalue weighted by Crippen LogP contribution is -2.47. The minimum absolute atomic E-state index is 0.0542. The van der Waals surface area contributed by atoms with Gasteiger partial charge in [0.05, 0.1) is 5.41 Å². The van der Waals surface area contributed by atoms with Gasteiger partial charge in [0, 0.05) is 25.6 Å². The van der Waals surface area contributed by atoms with E-state index >= 15 is 0 Å². The molecule has 1 fully saturated rings. The summed E-state index contributed by atoms with van der Waals surface area (Å²) in [4.78, 5) is 23.6. The molecule has 0 aromatic carbocycles. The van der Waals surface area contributed by atoms with Crippen LogP contribution in [0.5, 0.6) is 0 Å². The van der Waals surface area contributed by atoms with E-state index in [9.17, 15) is 9.59 Å². The normalized spacial score (nSPS) is 24.4. The van der Waals surface area contributed by atoms with E-state index in [-0.39, 0.29) is 17.7 Å². The van der Waals surface area contributed by atoms with Gasteiger partial charge < -0.3 is 16.0 Å². The van der Waals surface area contributed by atoms with Gasteiger partial charge in [-0.3, -0.25) is 9.59 Å². The molecule has 0 aromatic heterocycles. The fourth-order valence-corrected chi connectivity index (χ4v) is 2.24. The van der Waals surface area contributed by atoms with E-state index in [2.05, 4.69) is 22.9 Å². The Hall–Kier alpha value is -1.10. The first-order valence-electron chi connectivity index (χ1n) is 6.60. The van der Waals surface area contributed by atoms with Crippen molar-refractivity contribution >= 4 is 11.8 Å². The highest BCUT2D eigenvalue weighted by Crippen LogP contribution is 2.18. The molecule has 1 saturated heterocycles. The maximum absolute atomic E-state index is 12.0. The van der Waals surface area contributed by atoms with Crippen molar-refractivity contribution in [3.63, 3.8) is 0 Å². The summed E-state index contributed by atoms with van der Waals surface area (Å²) in [6.07, 6.45) is 1.74. The van der Waals surface area contributed by atoms with Crippen LogP contribution in [0.15, 0.2) is 0 Å². The van der Waals surface area contributed by atoms with Crippen LogP contribution in [0.1, 0.15) is 33.6 Å². The number of hydrogen-bond donors (Lipinski definition) is 3. The maximum atomic E-state index is 12.0. The van der Waals surface area contributed by atoms with Crippen LogP contribution in [0.3, 0.4) is 0 Å². The van der Waals surface area contributed by atoms with Crippen LogP contribution in [-0.4, -0.2) is 38.0 Å². The van der Waals surface area contributed by atoms with Gasteiger partial charge in [0.25, 0.3) is 0 Å². The van der Waals surface area contributed by atoms with E-state index in [1.54, 1.807) is 7.05 Å². The molecule has 1 aliphatic heterocycles. The number of hydrogen-bond acceptors (Lipinski definition) is 3. The molecule has 18 heavy (non-hydrogen) atoms. The SMILES string of the molecule is CNC(=O)C(C)(C)CNC(=O)C1CCNC(C)C1. The van der Waals surface area contributed by atoms with Crippen LogP contribution in [0.2, 0.25) is 0 Å². The highest BCUT2D eigenvalue weighted by molar-refractivity contribution is 5.83. The lowest BCUT2D eigenvalue weighted by atomic mass is 9.90. The standard InChI is InChI=1S/C13H25N3O2/c1-9-7-10(5-6-15-9)11(17)16-8-13(2,3)12(18)14-4/h9-10,15H,5-8H2,1-4H3,(H,14,18)(H,16,17). The van der Waals surface area contributed by atoms with Crippen molar-refractivity contribution in [2.24, 2.45) is 11.3 Å². The smallest absolute Gasteiger partial charge is 0.227 e. The van der Waals surface area contributed by atoms with E-state index in [1.807, 2.05) is 13.8 Å². The average molecular weight is 255 g/mol. The topological polar surface area (TPSA) is 70.2 Å². The predicted octanol–water partition coefficient (Wildman–Crippen LogP) is 0.263. The molecule has 104 valence electrons. The zero-order valence-electron chi connectivity index (χ0n) is 11.8. The summed E-state index contributed by atoms with van der Waals surface area (Å²) in [5.41, 5.74) is -0.567. The van der Waals surface area contributed by atoms with Gasteiger partial charge in [-0.2, -0.15) is 0 Å². The highest BCUT2D eigenvalue weighted by atomic mass is 16.2. The quantitative estimate of drug-likeness (QED) is 0.675. The van der Waals surface area contributed by atoms with E-state index < -0.39 is 5.41 Å². The molecule has 0 bridgehead atoms. The third kappa shape index (κ3) is 3.98. The fraction of sp³-hybridized carbons (Fsp3) is 0.846. The molecule has 5 heteroatoms. The first-order valence-corrected chi connectivity index (χ1v) is 6.60. The molecule has 2 atom stereocenters. The molecule has 0 aromatic rings. The molecule has 1 rings (SSSR count). The van der Waals surface area contributed by atoms with Crippen LogP contribution in [0.4, 0.5) is 0 Å². The summed E-state index contributed by atoms with van der Waals surface area (Å²) < 4.78 is 0. The molecule has 0 spiro atoms. The van der Waals surface area contributed by atoms with Crippen molar-refractivity contribution in [3.05, 3.63) is 0 Å². The van der Waals surface area contributed by atoms with Crippen molar-refractivity contribution in [3.8, 4) is 0 Å². The van der Waals surface area contributed by atoms with Crippen LogP contribution in [0.25, 0.3) is 0 Å². The third-order valence-electron chi connectivity index (χ3n) is 3.54. The van der Waals surface area contributed by atoms with Gasteiger partial charge in [-0.15, -0.1) is 0 Å². The molecule has 3 N–H and O–H groups in total. The number of carbonyl (C=O) groups excluding carboxylic acids is 2. The molecular formula is C13H25N3O2. The van der Waals surface area contributed by atoms with Crippen molar-refractivity contribution in [1.29, 1.82) is 0 Å². The zero-order valence-corrected chi connectivity index (χ0v) is 11.8. The molecule has 2 unspecified atom stereocenters. The largest absolute Gasteiger partial charge is 0.359 e. The molecule has 0 saturated carbocycles. The molecule has 1 heterocycles. The van der Waals surface area contributed by atoms with Gasteiger partial charge >= 0.3 is 0 Å². The second kappa shape index (κ2) is 6.18. The average Bonchev–Trinajstić information content (AvgIpc) is 2.35. The summed E-state index contributed by atoms with van der Waals surface area (Å²) in [6, 6.07) is 0.390. The number of nitrogens with one attached hydrogen (secondary N) is 3. The van der Waals surface area contributed by atoms with Crippen LogP contribution >= 0.6 is 0 Å². The number of carbonyl (C=O) groups is 2. The monoisotopic (exact) mass is 255 g/mol. The Labute approximate surface area is 109 Å². The molecular weight excluding hydrogens is 230 g/mol. The highest BCUT2D eigenvalue weighted by Gasteiger charge is 2.29. The van der Waals surface area contributed by atoms with E-state index in [0.29, 0.717) is 12.6 Å². The first kappa shape index (κ1) is 15.0. The first-order chi connectivity index (χ1) is 8.36. The Kier molecular flexibility index (Phi) is 5.14. The van der Waals surface area contributed by atoms with Gasteiger partial charge in [0.2, 0.25) is 11.8 Å². The lowest BCUT2D eigenvalue weighted by Gasteiger charge is -2.29. The second-order valence-corrected chi connectivity index (χ2v) is 5.76. The molecule has 1 aliphatic rings. The van der Waals surface area contributed by atoms with Gasteiger partial charge in [-0.1, -0.05) is 0 Å². The van der Waals surface area contributed by atoms with Crippen molar-refractivity contribution in [2.45, 2.75) is 39.7 Å². The minimum Gasteiger partial charge on any atom is -0.359 e. The van der Waals surface area contributed by atoms with E-state index in [1.165, 1.54) is 0 Å². The number of rotatable bonds is 4. The van der Waals surface area contributed by atoms with Gasteiger partial charge in [-0.25, -0.2) is 0 Å². The Morgan fingerprint density at radius 2 is 2.06 bits per heavy atom. The number of piperidine rings is 1. The van der Waals surface area contributed by atoms with Crippen LogP contribution < -0.4 is 16.0 Å². The summed E-state index contributed by atoms with van der Waals surface area (Å²) >= 11 is 0. The Bertz CT molecular complexity index is 315. The summed E-state index contributed by atoms with van der Waals surface area (Å²) in [7, 11) is 1.61. The molecule has 0 aliphatic carbocycles. The molecule has 0 radical (unpaired) electrons. The van der Waals surface area contributed by atoms with E-state index in [0.717, 1.165) is 19.4 Å². The van der Waals surface area contributed by atoms with Gasteiger partial charge in [0.1, 0.15) is 0 Å². The van der Waals surface area contributed by atoms with Gasteiger partial charge in [-0.05, 0) is 40.2 Å². The lowest BCUT2D eigenvalue weighted by molar-refractivity contribution is -0.130. The minimum atomic E-state index is -0.567. The summed E-state index contributed by atoms with van der Waals surface area (Å²) in [6.45, 7) is 7.02. The van der Waals surface area contributed by atoms with Crippen LogP contribution in [-0.2, 0) is 9.59 Å². The molecule has 2 amide bonds. The van der Waals surface area contributed by atoms with Gasteiger partial charge in [0.15, 0.2) is 0 Å². The van der Waals surface area contributed by atoms with Crippen molar-refractivity contribution < 1.29 is 9.59 Å². The Morgan fingerprint density at radius 3 is 2.61 bits per heavy atom. The molecule has 5 nitrogen and oxygen atoms in total. The summed E-state index contributed by atoms with van der Waals surface area (Å²) in [5, 5.41) is 8.84. The Morgan fingerprint density at radius 1 is 1.39 bits per heavy atom. The third-order valence-corrected chi connectivity index (χ3v) is 3.54. The summed E-state index contributed by atoms with van der Waals surface area (Å²) in [5.74, 6) is 0.0866. The van der Waals surface area contributed by atoms with Crippen molar-refractivity contribution in [1.82, 2.24) is 16.0 Å². The predicted molar refractivity (Wildman–Crippen MR) is 71.0 cm³/mol. The zero-order chi connectivity index (χ0) is 13.8. The van der Waals surface area contributed by atoms with E-state index in [4.69, 9.17) is 0 Å². The van der Waals surface area contributed by atoms with Crippen molar-refractivity contribution in [2.75, 3.05) is 20.1 Å². The fourth-order valence-electron chi connectivity index (χ4n) is 2.24. The van der Waals surface area contributed by atoms with Crippen LogP contribution in [0, 0.1) is 11.3 Å². The maximum Gasteiger partial charge on any atom is 0.227 e. The Balaban J connectivity index is 2.43. The second-order valence-electron chi connectivity index (χ2n) is 5.76. The number of amides is 2.